The van der Waals surface area contributed by atoms with E-state index < -0.39 is 0 Å². The Morgan fingerprint density at radius 3 is 2.22 bits per heavy atom. The molecule has 1 aliphatic rings. The summed E-state index contributed by atoms with van der Waals surface area (Å²) < 4.78 is 0. The molecule has 2 nitrogen and oxygen atoms in total. The van der Waals surface area contributed by atoms with E-state index in [1.807, 2.05) is 30.5 Å². The maximum atomic E-state index is 4.30. The second-order valence-electron chi connectivity index (χ2n) is 7.82. The van der Waals surface area contributed by atoms with E-state index in [0.717, 1.165) is 60.1 Å². The summed E-state index contributed by atoms with van der Waals surface area (Å²) in [5.74, 6) is 0. The number of hydrogen-bond donors (Lipinski definition) is 1. The van der Waals surface area contributed by atoms with Gasteiger partial charge in [0.15, 0.2) is 0 Å². The van der Waals surface area contributed by atoms with Crippen molar-refractivity contribution in [2.24, 2.45) is 0 Å². The Morgan fingerprint density at radius 2 is 1.70 bits per heavy atom. The van der Waals surface area contributed by atoms with Crippen LogP contribution in [0.5, 0.6) is 0 Å². The molecule has 37 heavy (non-hydrogen) atoms. The molecule has 1 N–H and O–H groups in total. The molecule has 1 heterocycles. The van der Waals surface area contributed by atoms with Crippen molar-refractivity contribution in [1.82, 2.24) is 10.2 Å². The van der Waals surface area contributed by atoms with E-state index in [4.69, 9.17) is 0 Å². The van der Waals surface area contributed by atoms with Crippen molar-refractivity contribution in [3.63, 3.8) is 0 Å². The normalized spacial score (nSPS) is 16.5. The average Bonchev–Trinajstić information content (AvgIpc) is 3.26. The fourth-order valence-corrected chi connectivity index (χ4v) is 3.21. The molecule has 0 unspecified atom stereocenters. The molecule has 1 aromatic heterocycles. The number of aromatic amines is 1. The average molecular weight is 572 g/mol. The molecule has 0 saturated heterocycles. The first kappa shape index (κ1) is 46.0. The van der Waals surface area contributed by atoms with Gasteiger partial charge in [-0.25, -0.2) is 6.92 Å². The zero-order valence-corrected chi connectivity index (χ0v) is 33.9. The van der Waals surface area contributed by atoms with Gasteiger partial charge in [0.25, 0.3) is 0 Å². The first-order valence-electron chi connectivity index (χ1n) is 11.5. The molecule has 0 aliphatic heterocycles. The predicted octanol–water partition coefficient (Wildman–Crippen LogP) is 0.0595. The molecule has 0 saturated carbocycles. The Kier molecular flexibility index (Phi) is 35.0. The zero-order valence-electron chi connectivity index (χ0n) is 24.6. The van der Waals surface area contributed by atoms with Gasteiger partial charge in [0.1, 0.15) is 0 Å². The van der Waals surface area contributed by atoms with Crippen LogP contribution in [0.15, 0.2) is 59.8 Å². The van der Waals surface area contributed by atoms with Crippen LogP contribution in [-0.4, -0.2) is 10.2 Å². The van der Waals surface area contributed by atoms with Crippen molar-refractivity contribution >= 4 is 11.1 Å². The fourth-order valence-electron chi connectivity index (χ4n) is 3.21. The molecular formula is C32H42K3N2-5. The van der Waals surface area contributed by atoms with E-state index >= 15 is 0 Å². The van der Waals surface area contributed by atoms with Gasteiger partial charge in [0.05, 0.1) is 5.69 Å². The molecule has 188 valence electrons. The third kappa shape index (κ3) is 17.6. The molecule has 0 fully saturated rings. The van der Waals surface area contributed by atoms with Gasteiger partial charge in [-0.2, -0.15) is 60.3 Å². The van der Waals surface area contributed by atoms with Crippen LogP contribution in [0.2, 0.25) is 0 Å². The molecule has 2 aromatic rings. The summed E-state index contributed by atoms with van der Waals surface area (Å²) in [4.78, 5) is 0. The minimum absolute atomic E-state index is 0. The van der Waals surface area contributed by atoms with E-state index in [-0.39, 0.29) is 162 Å². The van der Waals surface area contributed by atoms with Gasteiger partial charge in [0, 0.05) is 6.20 Å². The monoisotopic (exact) mass is 571 g/mol. The SMILES string of the molecule is [CH2-]/C=C(\c1[c-]ccc([CH2-])c1)c1cn[nH]c1/C1=C/C=C\C(C)=C(/C)CC1.[CH2-]CCC[CH2-].[CH2-]C[CH2-].[CH3-].[K+].[K+].[K+]. The topological polar surface area (TPSA) is 28.7 Å². The van der Waals surface area contributed by atoms with Gasteiger partial charge in [0.2, 0.25) is 0 Å². The molecular weight excluding hydrogens is 530 g/mol. The zero-order chi connectivity index (χ0) is 24.6. The van der Waals surface area contributed by atoms with Crippen LogP contribution < -0.4 is 154 Å². The Hall–Kier alpha value is 2.04. The van der Waals surface area contributed by atoms with E-state index in [1.165, 1.54) is 23.1 Å². The molecule has 1 aromatic carbocycles. The number of nitrogens with zero attached hydrogens (tertiary/aromatic N) is 1. The first-order valence-corrected chi connectivity index (χ1v) is 11.5. The van der Waals surface area contributed by atoms with Gasteiger partial charge in [-0.1, -0.05) is 29.4 Å². The third-order valence-corrected chi connectivity index (χ3v) is 5.20. The van der Waals surface area contributed by atoms with Crippen LogP contribution in [0.25, 0.3) is 11.1 Å². The molecule has 0 atom stereocenters. The van der Waals surface area contributed by atoms with E-state index in [2.05, 4.69) is 89.9 Å². The maximum absolute atomic E-state index is 4.30. The summed E-state index contributed by atoms with van der Waals surface area (Å²) in [6, 6.07) is 9.15. The van der Waals surface area contributed by atoms with Gasteiger partial charge in [-0.15, -0.1) is 18.1 Å². The summed E-state index contributed by atoms with van der Waals surface area (Å²) >= 11 is 0. The molecule has 0 bridgehead atoms. The number of nitrogens with one attached hydrogen (secondary N) is 1. The molecule has 1 aliphatic carbocycles. The number of benzene rings is 1. The van der Waals surface area contributed by atoms with Crippen molar-refractivity contribution in [1.29, 1.82) is 0 Å². The molecule has 0 amide bonds. The minimum atomic E-state index is 0. The Bertz CT molecular complexity index is 964. The number of aromatic nitrogens is 2. The van der Waals surface area contributed by atoms with Gasteiger partial charge < -0.3 is 41.5 Å². The maximum Gasteiger partial charge on any atom is 1.00 e. The van der Waals surface area contributed by atoms with Crippen LogP contribution in [0, 0.1) is 55.0 Å². The van der Waals surface area contributed by atoms with Crippen molar-refractivity contribution in [3.8, 4) is 0 Å². The summed E-state index contributed by atoms with van der Waals surface area (Å²) in [5.41, 5.74) is 9.09. The van der Waals surface area contributed by atoms with Crippen LogP contribution in [0.1, 0.15) is 74.8 Å². The Balaban J connectivity index is -0.000000402. The van der Waals surface area contributed by atoms with Crippen LogP contribution in [-0.2, 0) is 0 Å². The second-order valence-corrected chi connectivity index (χ2v) is 7.82. The van der Waals surface area contributed by atoms with Gasteiger partial charge in [-0.05, 0) is 37.8 Å². The quantitative estimate of drug-likeness (QED) is 0.399. The van der Waals surface area contributed by atoms with E-state index in [9.17, 15) is 0 Å². The predicted molar refractivity (Wildman–Crippen MR) is 152 cm³/mol. The molecule has 5 heteroatoms. The van der Waals surface area contributed by atoms with Crippen molar-refractivity contribution in [2.45, 2.75) is 52.4 Å². The largest absolute Gasteiger partial charge is 1.00 e. The summed E-state index contributed by atoms with van der Waals surface area (Å²) in [6.07, 6.45) is 16.2. The smallest absolute Gasteiger partial charge is 0.372 e. The van der Waals surface area contributed by atoms with Crippen LogP contribution in [0.4, 0.5) is 0 Å². The Morgan fingerprint density at radius 1 is 1.08 bits per heavy atom. The number of rotatable bonds is 5. The van der Waals surface area contributed by atoms with Crippen LogP contribution in [0.3, 0.4) is 0 Å². The van der Waals surface area contributed by atoms with Crippen molar-refractivity contribution < 1.29 is 154 Å². The second kappa shape index (κ2) is 28.2. The summed E-state index contributed by atoms with van der Waals surface area (Å²) in [6.45, 7) is 26.4. The summed E-state index contributed by atoms with van der Waals surface area (Å²) in [5, 5.41) is 7.48. The molecule has 0 radical (unpaired) electrons. The Labute approximate surface area is 357 Å². The molecule has 3 rings (SSSR count). The molecule has 0 spiro atoms. The van der Waals surface area contributed by atoms with E-state index in [0.29, 0.717) is 0 Å². The first-order chi connectivity index (χ1) is 15.9. The van der Waals surface area contributed by atoms with Crippen molar-refractivity contribution in [2.75, 3.05) is 0 Å². The van der Waals surface area contributed by atoms with Gasteiger partial charge >= 0.3 is 154 Å². The standard InChI is InChI=1S/C23H23N2.C5H10.C3H6.CH3.3K/c1-5-21(20-11-6-8-16(2)14-20)22-15-24-25-23(22)19-10-7-9-17(3)18(4)12-13-19;1-3-5-4-2;1-3-2;;;;/h5-10,14-15H,1-2,12-13H2,3-4H3,(H,24,25);1-5H2;1-3H2;1H3;;;/q-3;2*-2;-1;3*+1/b9-7-,18-17+,19-10+,21-5+;;;;;;. The van der Waals surface area contributed by atoms with Crippen molar-refractivity contribution in [3.05, 3.63) is 137 Å². The number of unbranched alkanes of at least 4 members (excludes halogenated alkanes) is 2. The third-order valence-electron chi connectivity index (χ3n) is 5.20. The number of H-pyrrole nitrogens is 1. The van der Waals surface area contributed by atoms with Crippen LogP contribution >= 0.6 is 0 Å². The summed E-state index contributed by atoms with van der Waals surface area (Å²) in [7, 11) is 0. The fraction of sp³-hybridized carbons (Fsp3) is 0.250. The number of hydrogen-bond acceptors (Lipinski definition) is 1. The van der Waals surface area contributed by atoms with Gasteiger partial charge in [-0.3, -0.25) is 5.10 Å². The minimum Gasteiger partial charge on any atom is -0.372 e. The van der Waals surface area contributed by atoms with E-state index in [1.54, 1.807) is 0 Å². The number of allylic oxidation sites excluding steroid dienone is 7.